The number of hydrogen-bond acceptors (Lipinski definition) is 3. The molecule has 0 aliphatic heterocycles. The number of aromatic hydroxyl groups is 2. The zero-order valence-electron chi connectivity index (χ0n) is 16.1. The first-order chi connectivity index (χ1) is 11.7. The average molecular weight is 345 g/mol. The summed E-state index contributed by atoms with van der Waals surface area (Å²) in [5.41, 5.74) is 1.74. The number of fused-ring (bicyclic) bond motifs is 3. The molecule has 1 aromatic carbocycles. The molecule has 3 rings (SSSR count). The first-order valence-electron chi connectivity index (χ1n) is 9.47. The van der Waals surface area contributed by atoms with Crippen molar-refractivity contribution in [2.24, 2.45) is 11.3 Å². The van der Waals surface area contributed by atoms with E-state index in [-0.39, 0.29) is 34.7 Å². The fourth-order valence-electron chi connectivity index (χ4n) is 5.55. The maximum absolute atomic E-state index is 13.2. The Bertz CT molecular complexity index is 708. The minimum Gasteiger partial charge on any atom is -0.504 e. The Morgan fingerprint density at radius 2 is 1.92 bits per heavy atom. The smallest absolute Gasteiger partial charge is 0.230 e. The zero-order valence-corrected chi connectivity index (χ0v) is 16.1. The molecular formula is C21H31NO3. The molecule has 2 atom stereocenters. The minimum atomic E-state index is -0.749. The van der Waals surface area contributed by atoms with Crippen LogP contribution in [0.25, 0.3) is 0 Å². The summed E-state index contributed by atoms with van der Waals surface area (Å²) >= 11 is 0. The second kappa shape index (κ2) is 5.93. The van der Waals surface area contributed by atoms with E-state index in [1.54, 1.807) is 7.05 Å². The molecule has 138 valence electrons. The van der Waals surface area contributed by atoms with Crippen LogP contribution in [0, 0.1) is 11.3 Å². The number of benzene rings is 1. The number of rotatable bonds is 2. The number of hydrogen-bond donors (Lipinski definition) is 3. The quantitative estimate of drug-likeness (QED) is 0.710. The molecule has 2 aliphatic carbocycles. The van der Waals surface area contributed by atoms with Crippen molar-refractivity contribution < 1.29 is 15.0 Å². The van der Waals surface area contributed by atoms with Gasteiger partial charge in [0.2, 0.25) is 5.91 Å². The van der Waals surface area contributed by atoms with Crippen molar-refractivity contribution in [2.45, 2.75) is 71.1 Å². The van der Waals surface area contributed by atoms with E-state index in [0.29, 0.717) is 5.56 Å². The van der Waals surface area contributed by atoms with Crippen molar-refractivity contribution in [3.05, 3.63) is 22.8 Å². The topological polar surface area (TPSA) is 69.6 Å². The van der Waals surface area contributed by atoms with Crippen LogP contribution in [0.2, 0.25) is 0 Å². The lowest BCUT2D eigenvalue weighted by molar-refractivity contribution is -0.134. The van der Waals surface area contributed by atoms with Crippen LogP contribution in [-0.2, 0) is 16.6 Å². The predicted octanol–water partition coefficient (Wildman–Crippen LogP) is 3.98. The molecular weight excluding hydrogens is 314 g/mol. The van der Waals surface area contributed by atoms with Crippen molar-refractivity contribution in [3.8, 4) is 11.5 Å². The minimum absolute atomic E-state index is 0.0290. The molecule has 25 heavy (non-hydrogen) atoms. The fourth-order valence-corrected chi connectivity index (χ4v) is 5.55. The molecule has 0 unspecified atom stereocenters. The third-order valence-electron chi connectivity index (χ3n) is 6.72. The standard InChI is InChI=1S/C21H31NO3/c1-12(2)14-11-13-7-8-15-20(3,4)9-6-10-21(15,19(25)22-5)16(13)18(24)17(14)23/h11-12,15,23-24H,6-10H2,1-5H3,(H,22,25)/t15-,21+/m0/s1. The highest BCUT2D eigenvalue weighted by atomic mass is 16.3. The van der Waals surface area contributed by atoms with Gasteiger partial charge in [0.15, 0.2) is 11.5 Å². The van der Waals surface area contributed by atoms with Crippen LogP contribution >= 0.6 is 0 Å². The van der Waals surface area contributed by atoms with Gasteiger partial charge in [-0.1, -0.05) is 40.2 Å². The third-order valence-corrected chi connectivity index (χ3v) is 6.72. The van der Waals surface area contributed by atoms with Crippen molar-refractivity contribution >= 4 is 5.91 Å². The lowest BCUT2D eigenvalue weighted by Crippen LogP contribution is -2.57. The molecule has 0 radical (unpaired) electrons. The van der Waals surface area contributed by atoms with Gasteiger partial charge < -0.3 is 15.5 Å². The molecule has 0 saturated heterocycles. The van der Waals surface area contributed by atoms with Crippen LogP contribution < -0.4 is 5.32 Å². The van der Waals surface area contributed by atoms with Crippen molar-refractivity contribution in [1.29, 1.82) is 0 Å². The molecule has 1 amide bonds. The molecule has 1 fully saturated rings. The number of phenolic OH excluding ortho intramolecular Hbond substituents is 2. The van der Waals surface area contributed by atoms with Crippen LogP contribution in [-0.4, -0.2) is 23.2 Å². The lowest BCUT2D eigenvalue weighted by atomic mass is 9.49. The Morgan fingerprint density at radius 1 is 1.24 bits per heavy atom. The van der Waals surface area contributed by atoms with Gasteiger partial charge in [-0.15, -0.1) is 0 Å². The normalized spacial score (nSPS) is 27.5. The lowest BCUT2D eigenvalue weighted by Gasteiger charge is -2.54. The van der Waals surface area contributed by atoms with Crippen LogP contribution in [0.3, 0.4) is 0 Å². The summed E-state index contributed by atoms with van der Waals surface area (Å²) in [6.45, 7) is 8.48. The van der Waals surface area contributed by atoms with Gasteiger partial charge in [0.05, 0.1) is 5.41 Å². The van der Waals surface area contributed by atoms with Gasteiger partial charge >= 0.3 is 0 Å². The highest BCUT2D eigenvalue weighted by molar-refractivity contribution is 5.91. The van der Waals surface area contributed by atoms with Gasteiger partial charge in [-0.3, -0.25) is 4.79 Å². The molecule has 4 nitrogen and oxygen atoms in total. The highest BCUT2D eigenvalue weighted by Crippen LogP contribution is 2.60. The second-order valence-electron chi connectivity index (χ2n) is 8.84. The Morgan fingerprint density at radius 3 is 2.52 bits per heavy atom. The van der Waals surface area contributed by atoms with Gasteiger partial charge in [0.1, 0.15) is 0 Å². The highest BCUT2D eigenvalue weighted by Gasteiger charge is 2.58. The number of carbonyl (C=O) groups excluding carboxylic acids is 1. The Balaban J connectivity index is 2.31. The largest absolute Gasteiger partial charge is 0.504 e. The monoisotopic (exact) mass is 345 g/mol. The van der Waals surface area contributed by atoms with Gasteiger partial charge in [-0.2, -0.15) is 0 Å². The second-order valence-corrected chi connectivity index (χ2v) is 8.84. The Hall–Kier alpha value is -1.71. The SMILES string of the molecule is CNC(=O)[C@]12CCCC(C)(C)[C@@H]1CCc1cc(C(C)C)c(O)c(O)c12. The number of amides is 1. The number of carbonyl (C=O) groups is 1. The fraction of sp³-hybridized carbons (Fsp3) is 0.667. The number of nitrogens with one attached hydrogen (secondary N) is 1. The van der Waals surface area contributed by atoms with Gasteiger partial charge in [-0.05, 0) is 48.5 Å². The van der Waals surface area contributed by atoms with Crippen molar-refractivity contribution in [3.63, 3.8) is 0 Å². The zero-order chi connectivity index (χ0) is 18.6. The molecule has 0 aromatic heterocycles. The summed E-state index contributed by atoms with van der Waals surface area (Å²) < 4.78 is 0. The molecule has 3 N–H and O–H groups in total. The Kier molecular flexibility index (Phi) is 4.29. The molecule has 1 saturated carbocycles. The van der Waals surface area contributed by atoms with Gasteiger partial charge in [0, 0.05) is 18.2 Å². The predicted molar refractivity (Wildman–Crippen MR) is 99.0 cm³/mol. The molecule has 0 bridgehead atoms. The number of phenols is 2. The number of aryl methyl sites for hydroxylation is 1. The van der Waals surface area contributed by atoms with E-state index >= 15 is 0 Å². The first kappa shape index (κ1) is 18.1. The third kappa shape index (κ3) is 2.44. The van der Waals surface area contributed by atoms with E-state index in [1.165, 1.54) is 0 Å². The van der Waals surface area contributed by atoms with E-state index in [9.17, 15) is 15.0 Å². The summed E-state index contributed by atoms with van der Waals surface area (Å²) in [7, 11) is 1.67. The molecule has 1 aromatic rings. The van der Waals surface area contributed by atoms with E-state index in [0.717, 1.165) is 43.2 Å². The average Bonchev–Trinajstić information content (AvgIpc) is 2.55. The number of likely N-dealkylation sites (N-methyl/N-ethyl adjacent to an activating group) is 1. The molecule has 4 heteroatoms. The van der Waals surface area contributed by atoms with Gasteiger partial charge in [-0.25, -0.2) is 0 Å². The van der Waals surface area contributed by atoms with Crippen LogP contribution in [0.15, 0.2) is 6.07 Å². The van der Waals surface area contributed by atoms with Gasteiger partial charge in [0.25, 0.3) is 0 Å². The summed E-state index contributed by atoms with van der Waals surface area (Å²) in [5.74, 6) is 0.121. The maximum atomic E-state index is 13.2. The summed E-state index contributed by atoms with van der Waals surface area (Å²) in [5, 5.41) is 24.4. The van der Waals surface area contributed by atoms with E-state index in [1.807, 2.05) is 19.9 Å². The van der Waals surface area contributed by atoms with Crippen molar-refractivity contribution in [2.75, 3.05) is 7.05 Å². The van der Waals surface area contributed by atoms with E-state index < -0.39 is 5.41 Å². The molecule has 0 heterocycles. The summed E-state index contributed by atoms with van der Waals surface area (Å²) in [4.78, 5) is 13.2. The van der Waals surface area contributed by atoms with E-state index in [4.69, 9.17) is 0 Å². The first-order valence-corrected chi connectivity index (χ1v) is 9.47. The van der Waals surface area contributed by atoms with Crippen LogP contribution in [0.5, 0.6) is 11.5 Å². The Labute approximate surface area is 150 Å². The summed E-state index contributed by atoms with van der Waals surface area (Å²) in [6.07, 6.45) is 4.54. The molecule has 2 aliphatic rings. The maximum Gasteiger partial charge on any atom is 0.230 e. The molecule has 0 spiro atoms. The van der Waals surface area contributed by atoms with Crippen LogP contribution in [0.1, 0.15) is 76.0 Å². The van der Waals surface area contributed by atoms with E-state index in [2.05, 4.69) is 19.2 Å². The summed E-state index contributed by atoms with van der Waals surface area (Å²) in [6, 6.07) is 2.01. The van der Waals surface area contributed by atoms with Crippen molar-refractivity contribution in [1.82, 2.24) is 5.32 Å². The van der Waals surface area contributed by atoms with Crippen LogP contribution in [0.4, 0.5) is 0 Å².